The van der Waals surface area contributed by atoms with Crippen molar-refractivity contribution < 1.29 is 14.3 Å². The van der Waals surface area contributed by atoms with Crippen molar-refractivity contribution in [3.05, 3.63) is 86.2 Å². The van der Waals surface area contributed by atoms with Gasteiger partial charge in [0.15, 0.2) is 10.6 Å². The Kier molecular flexibility index (Phi) is 3.82. The van der Waals surface area contributed by atoms with Crippen LogP contribution in [0, 0.1) is 13.8 Å². The van der Waals surface area contributed by atoms with Gasteiger partial charge >= 0.3 is 0 Å². The number of phenols is 1. The number of fused-ring (bicyclic) bond motifs is 2. The molecule has 29 heavy (non-hydrogen) atoms. The summed E-state index contributed by atoms with van der Waals surface area (Å²) in [5, 5.41) is 10.6. The first-order valence-corrected chi connectivity index (χ1v) is 9.89. The molecule has 1 unspecified atom stereocenters. The first kappa shape index (κ1) is 17.6. The number of carbonyl (C=O) groups is 1. The van der Waals surface area contributed by atoms with Crippen molar-refractivity contribution in [3.8, 4) is 5.75 Å². The first-order valence-electron chi connectivity index (χ1n) is 9.08. The van der Waals surface area contributed by atoms with Crippen molar-refractivity contribution in [1.29, 1.82) is 0 Å². The Bertz CT molecular complexity index is 1320. The maximum atomic E-state index is 13.4. The predicted octanol–water partition coefficient (Wildman–Crippen LogP) is 4.32. The molecule has 3 heterocycles. The third-order valence-corrected chi connectivity index (χ3v) is 6.28. The van der Waals surface area contributed by atoms with Gasteiger partial charge in [-0.2, -0.15) is 0 Å². The van der Waals surface area contributed by atoms with Gasteiger partial charge in [0.25, 0.3) is 5.91 Å². The maximum Gasteiger partial charge on any atom is 0.297 e. The summed E-state index contributed by atoms with van der Waals surface area (Å²) in [6.45, 7) is 3.83. The lowest BCUT2D eigenvalue weighted by atomic mass is 9.98. The molecule has 5 rings (SSSR count). The molecule has 0 bridgehead atoms. The number of hydrogen-bond acceptors (Lipinski definition) is 6. The zero-order chi connectivity index (χ0) is 20.3. The van der Waals surface area contributed by atoms with E-state index in [0.717, 1.165) is 10.6 Å². The van der Waals surface area contributed by atoms with Crippen molar-refractivity contribution in [3.63, 3.8) is 0 Å². The van der Waals surface area contributed by atoms with Gasteiger partial charge in [-0.1, -0.05) is 24.3 Å². The highest BCUT2D eigenvalue weighted by atomic mass is 32.1. The van der Waals surface area contributed by atoms with Crippen LogP contribution in [0.15, 0.2) is 57.7 Å². The van der Waals surface area contributed by atoms with Gasteiger partial charge in [-0.05, 0) is 43.7 Å². The Balaban J connectivity index is 1.82. The number of benzene rings is 2. The van der Waals surface area contributed by atoms with E-state index < -0.39 is 11.9 Å². The van der Waals surface area contributed by atoms with Crippen LogP contribution in [0.4, 0.5) is 5.13 Å². The standard InChI is InChI=1S/C22H16N2O4S/c1-11-12(2)29-22(23-11)24-18(13-7-9-14(25)10-8-13)17-19(26)15-5-3-4-6-16(15)28-20(17)21(24)27/h3-10,18,25H,1-2H3. The van der Waals surface area contributed by atoms with Crippen LogP contribution in [0.25, 0.3) is 11.0 Å². The summed E-state index contributed by atoms with van der Waals surface area (Å²) in [5.74, 6) is -0.247. The van der Waals surface area contributed by atoms with E-state index in [2.05, 4.69) is 4.98 Å². The molecule has 0 aliphatic carbocycles. The van der Waals surface area contributed by atoms with E-state index in [4.69, 9.17) is 4.42 Å². The largest absolute Gasteiger partial charge is 0.508 e. The smallest absolute Gasteiger partial charge is 0.297 e. The van der Waals surface area contributed by atoms with E-state index in [0.29, 0.717) is 27.2 Å². The molecular formula is C22H16N2O4S. The fourth-order valence-corrected chi connectivity index (χ4v) is 4.58. The van der Waals surface area contributed by atoms with E-state index >= 15 is 0 Å². The van der Waals surface area contributed by atoms with E-state index in [1.54, 1.807) is 36.4 Å². The number of carbonyl (C=O) groups excluding carboxylic acids is 1. The monoisotopic (exact) mass is 404 g/mol. The molecule has 144 valence electrons. The van der Waals surface area contributed by atoms with Gasteiger partial charge in [-0.15, -0.1) is 11.3 Å². The molecule has 6 nitrogen and oxygen atoms in total. The minimum Gasteiger partial charge on any atom is -0.508 e. The third kappa shape index (κ3) is 2.58. The fraction of sp³-hybridized carbons (Fsp3) is 0.136. The second-order valence-corrected chi connectivity index (χ2v) is 8.16. The van der Waals surface area contributed by atoms with E-state index in [-0.39, 0.29) is 16.9 Å². The number of aromatic nitrogens is 1. The summed E-state index contributed by atoms with van der Waals surface area (Å²) in [5.41, 5.74) is 1.97. The van der Waals surface area contributed by atoms with Crippen LogP contribution < -0.4 is 10.3 Å². The van der Waals surface area contributed by atoms with Gasteiger partial charge in [0.2, 0.25) is 5.76 Å². The summed E-state index contributed by atoms with van der Waals surface area (Å²) in [7, 11) is 0. The number of amides is 1. The zero-order valence-electron chi connectivity index (χ0n) is 15.7. The molecule has 0 saturated carbocycles. The Morgan fingerprint density at radius 3 is 2.48 bits per heavy atom. The van der Waals surface area contributed by atoms with Crippen LogP contribution in [-0.2, 0) is 0 Å². The molecule has 0 saturated heterocycles. The van der Waals surface area contributed by atoms with E-state index in [1.165, 1.54) is 28.4 Å². The SMILES string of the molecule is Cc1nc(N2C(=O)c3oc4ccccc4c(=O)c3C2c2ccc(O)cc2)sc1C. The minimum absolute atomic E-state index is 0.0391. The third-order valence-electron chi connectivity index (χ3n) is 5.21. The van der Waals surface area contributed by atoms with Crippen molar-refractivity contribution in [1.82, 2.24) is 4.98 Å². The van der Waals surface area contributed by atoms with Crippen LogP contribution in [0.5, 0.6) is 5.75 Å². The van der Waals surface area contributed by atoms with Crippen molar-refractivity contribution in [2.75, 3.05) is 4.90 Å². The zero-order valence-corrected chi connectivity index (χ0v) is 16.5. The number of aryl methyl sites for hydroxylation is 2. The van der Waals surface area contributed by atoms with Crippen LogP contribution in [0.3, 0.4) is 0 Å². The summed E-state index contributed by atoms with van der Waals surface area (Å²) in [6, 6.07) is 12.7. The first-order chi connectivity index (χ1) is 14.0. The molecule has 0 spiro atoms. The van der Waals surface area contributed by atoms with Gasteiger partial charge < -0.3 is 9.52 Å². The number of phenolic OH excluding ortho intramolecular Hbond substituents is 1. The molecule has 1 aliphatic heterocycles. The molecule has 2 aromatic carbocycles. The lowest BCUT2D eigenvalue weighted by Gasteiger charge is -2.22. The van der Waals surface area contributed by atoms with E-state index in [9.17, 15) is 14.7 Å². The second kappa shape index (κ2) is 6.28. The highest BCUT2D eigenvalue weighted by Crippen LogP contribution is 2.43. The van der Waals surface area contributed by atoms with Gasteiger partial charge in [-0.25, -0.2) is 4.98 Å². The average Bonchev–Trinajstić information content (AvgIpc) is 3.19. The van der Waals surface area contributed by atoms with Crippen molar-refractivity contribution in [2.45, 2.75) is 19.9 Å². The summed E-state index contributed by atoms with van der Waals surface area (Å²) in [4.78, 5) is 33.8. The number of thiazole rings is 1. The van der Waals surface area contributed by atoms with Gasteiger partial charge in [0.1, 0.15) is 11.3 Å². The van der Waals surface area contributed by atoms with Crippen LogP contribution >= 0.6 is 11.3 Å². The maximum absolute atomic E-state index is 13.4. The van der Waals surface area contributed by atoms with Crippen LogP contribution in [0.2, 0.25) is 0 Å². The number of rotatable bonds is 2. The highest BCUT2D eigenvalue weighted by Gasteiger charge is 2.45. The molecular weight excluding hydrogens is 388 g/mol. The normalized spacial score (nSPS) is 15.9. The summed E-state index contributed by atoms with van der Waals surface area (Å²) in [6.07, 6.45) is 0. The van der Waals surface area contributed by atoms with Crippen molar-refractivity contribution in [2.24, 2.45) is 0 Å². The van der Waals surface area contributed by atoms with Crippen LogP contribution in [0.1, 0.15) is 38.3 Å². The highest BCUT2D eigenvalue weighted by molar-refractivity contribution is 7.15. The molecule has 0 fully saturated rings. The molecule has 7 heteroatoms. The second-order valence-electron chi connectivity index (χ2n) is 6.98. The predicted molar refractivity (Wildman–Crippen MR) is 111 cm³/mol. The quantitative estimate of drug-likeness (QED) is 0.538. The summed E-state index contributed by atoms with van der Waals surface area (Å²) >= 11 is 1.40. The lowest BCUT2D eigenvalue weighted by molar-refractivity contribution is 0.0971. The molecule has 1 amide bonds. The molecule has 4 aromatic rings. The number of nitrogens with zero attached hydrogens (tertiary/aromatic N) is 2. The molecule has 1 atom stereocenters. The molecule has 2 aromatic heterocycles. The number of para-hydroxylation sites is 1. The Morgan fingerprint density at radius 2 is 1.79 bits per heavy atom. The average molecular weight is 404 g/mol. The number of aromatic hydroxyl groups is 1. The fourth-order valence-electron chi connectivity index (χ4n) is 3.65. The van der Waals surface area contributed by atoms with Gasteiger partial charge in [0.05, 0.1) is 22.7 Å². The van der Waals surface area contributed by atoms with Gasteiger partial charge in [-0.3, -0.25) is 14.5 Å². The topological polar surface area (TPSA) is 83.6 Å². The van der Waals surface area contributed by atoms with Gasteiger partial charge in [0, 0.05) is 4.88 Å². The van der Waals surface area contributed by atoms with E-state index in [1.807, 2.05) is 13.8 Å². The minimum atomic E-state index is -0.677. The Labute approximate surface area is 169 Å². The molecule has 1 aliphatic rings. The lowest BCUT2D eigenvalue weighted by Crippen LogP contribution is -2.29. The molecule has 0 radical (unpaired) electrons. The summed E-state index contributed by atoms with van der Waals surface area (Å²) < 4.78 is 5.90. The van der Waals surface area contributed by atoms with Crippen molar-refractivity contribution >= 4 is 33.3 Å². The van der Waals surface area contributed by atoms with Crippen LogP contribution in [-0.4, -0.2) is 16.0 Å². The molecule has 1 N–H and O–H groups in total. The Hall–Kier alpha value is -3.45. The number of hydrogen-bond donors (Lipinski definition) is 1. The number of anilines is 1. The Morgan fingerprint density at radius 1 is 1.07 bits per heavy atom.